The molecule has 1 amide bonds. The molecule has 1 aromatic heterocycles. The van der Waals surface area contributed by atoms with Crippen molar-refractivity contribution in [3.63, 3.8) is 0 Å². The van der Waals surface area contributed by atoms with Gasteiger partial charge in [0.2, 0.25) is 0 Å². The van der Waals surface area contributed by atoms with Crippen LogP contribution in [-0.4, -0.2) is 12.1 Å². The Bertz CT molecular complexity index is 578. The number of hydrazone groups is 1. The molecule has 0 radical (unpaired) electrons. The number of furan rings is 1. The van der Waals surface area contributed by atoms with Crippen molar-refractivity contribution < 1.29 is 9.21 Å². The van der Waals surface area contributed by atoms with Crippen molar-refractivity contribution in [1.82, 2.24) is 5.43 Å². The van der Waals surface area contributed by atoms with Crippen LogP contribution >= 0.6 is 27.5 Å². The summed E-state index contributed by atoms with van der Waals surface area (Å²) in [7, 11) is 0. The Morgan fingerprint density at radius 3 is 2.61 bits per heavy atom. The summed E-state index contributed by atoms with van der Waals surface area (Å²) in [6.45, 7) is 0. The van der Waals surface area contributed by atoms with Crippen LogP contribution in [0.15, 0.2) is 50.6 Å². The third-order valence-corrected chi connectivity index (χ3v) is 2.74. The molecule has 2 aromatic rings. The number of nitrogens with zero attached hydrogens (tertiary/aromatic N) is 1. The van der Waals surface area contributed by atoms with Gasteiger partial charge in [0.25, 0.3) is 5.91 Å². The molecule has 2 rings (SSSR count). The quantitative estimate of drug-likeness (QED) is 0.693. The van der Waals surface area contributed by atoms with Crippen LogP contribution in [-0.2, 0) is 0 Å². The molecule has 1 aromatic carbocycles. The molecule has 6 heteroatoms. The molecule has 4 nitrogen and oxygen atoms in total. The van der Waals surface area contributed by atoms with Gasteiger partial charge in [0, 0.05) is 10.6 Å². The molecule has 0 aliphatic carbocycles. The maximum Gasteiger partial charge on any atom is 0.271 e. The molecule has 0 fully saturated rings. The molecule has 0 aliphatic heterocycles. The fraction of sp³-hybridized carbons (Fsp3) is 0. The van der Waals surface area contributed by atoms with Crippen molar-refractivity contribution in [2.75, 3.05) is 0 Å². The van der Waals surface area contributed by atoms with E-state index < -0.39 is 0 Å². The summed E-state index contributed by atoms with van der Waals surface area (Å²) in [6, 6.07) is 9.99. The number of benzene rings is 1. The Morgan fingerprint density at radius 2 is 2.00 bits per heavy atom. The molecular formula is C12H8BrClN2O2. The highest BCUT2D eigenvalue weighted by molar-refractivity contribution is 9.10. The molecule has 1 heterocycles. The standard InChI is InChI=1S/C12H8BrClN2O2/c13-11-6-5-10(18-11)7-15-16-12(17)8-1-3-9(14)4-2-8/h1-7H,(H,16,17). The van der Waals surface area contributed by atoms with E-state index in [4.69, 9.17) is 16.0 Å². The van der Waals surface area contributed by atoms with Crippen molar-refractivity contribution in [3.05, 3.63) is 57.4 Å². The average Bonchev–Trinajstić information content (AvgIpc) is 2.76. The summed E-state index contributed by atoms with van der Waals surface area (Å²) >= 11 is 8.89. The number of hydrogen-bond acceptors (Lipinski definition) is 3. The lowest BCUT2D eigenvalue weighted by atomic mass is 10.2. The van der Waals surface area contributed by atoms with Crippen molar-refractivity contribution in [1.29, 1.82) is 0 Å². The first-order chi connectivity index (χ1) is 8.65. The third kappa shape index (κ3) is 3.45. The second-order valence-electron chi connectivity index (χ2n) is 3.35. The second kappa shape index (κ2) is 5.84. The largest absolute Gasteiger partial charge is 0.448 e. The average molecular weight is 328 g/mol. The highest BCUT2D eigenvalue weighted by Crippen LogP contribution is 2.12. The minimum atomic E-state index is -0.312. The normalized spacial score (nSPS) is 10.8. The fourth-order valence-corrected chi connectivity index (χ4v) is 1.66. The molecule has 1 N–H and O–H groups in total. The third-order valence-electron chi connectivity index (χ3n) is 2.06. The number of nitrogens with one attached hydrogen (secondary N) is 1. The van der Waals surface area contributed by atoms with Crippen molar-refractivity contribution in [3.8, 4) is 0 Å². The minimum Gasteiger partial charge on any atom is -0.448 e. The summed E-state index contributed by atoms with van der Waals surface area (Å²) < 4.78 is 5.79. The Labute approximate surface area is 117 Å². The van der Waals surface area contributed by atoms with Crippen LogP contribution < -0.4 is 5.43 Å². The number of hydrogen-bond donors (Lipinski definition) is 1. The van der Waals surface area contributed by atoms with E-state index in [1.807, 2.05) is 0 Å². The smallest absolute Gasteiger partial charge is 0.271 e. The molecule has 0 saturated heterocycles. The molecule has 0 aliphatic rings. The van der Waals surface area contributed by atoms with Crippen LogP contribution in [0, 0.1) is 0 Å². The van der Waals surface area contributed by atoms with E-state index in [1.54, 1.807) is 36.4 Å². The summed E-state index contributed by atoms with van der Waals surface area (Å²) in [5.41, 5.74) is 2.87. The number of amides is 1. The zero-order chi connectivity index (χ0) is 13.0. The van der Waals surface area contributed by atoms with Crippen LogP contribution in [0.2, 0.25) is 5.02 Å². The number of rotatable bonds is 3. The van der Waals surface area contributed by atoms with Gasteiger partial charge < -0.3 is 4.42 Å². The molecule has 18 heavy (non-hydrogen) atoms. The Kier molecular flexibility index (Phi) is 4.17. The van der Waals surface area contributed by atoms with E-state index in [9.17, 15) is 4.79 Å². The van der Waals surface area contributed by atoms with Gasteiger partial charge in [-0.25, -0.2) is 5.43 Å². The van der Waals surface area contributed by atoms with E-state index in [0.29, 0.717) is 21.0 Å². The first-order valence-corrected chi connectivity index (χ1v) is 6.16. The minimum absolute atomic E-state index is 0.312. The topological polar surface area (TPSA) is 54.6 Å². The lowest BCUT2D eigenvalue weighted by molar-refractivity contribution is 0.0955. The highest BCUT2D eigenvalue weighted by atomic mass is 79.9. The van der Waals surface area contributed by atoms with E-state index >= 15 is 0 Å². The van der Waals surface area contributed by atoms with E-state index in [1.165, 1.54) is 6.21 Å². The van der Waals surface area contributed by atoms with Crippen LogP contribution in [0.4, 0.5) is 0 Å². The maximum atomic E-state index is 11.6. The zero-order valence-electron chi connectivity index (χ0n) is 9.06. The van der Waals surface area contributed by atoms with Gasteiger partial charge in [-0.15, -0.1) is 0 Å². The summed E-state index contributed by atoms with van der Waals surface area (Å²) in [5.74, 6) is 0.229. The van der Waals surface area contributed by atoms with Gasteiger partial charge in [-0.1, -0.05) is 11.6 Å². The number of carbonyl (C=O) groups excluding carboxylic acids is 1. The summed E-state index contributed by atoms with van der Waals surface area (Å²) in [4.78, 5) is 11.6. The predicted octanol–water partition coefficient (Wildman–Crippen LogP) is 3.46. The van der Waals surface area contributed by atoms with Gasteiger partial charge in [0.05, 0.1) is 6.21 Å². The second-order valence-corrected chi connectivity index (χ2v) is 4.57. The molecule has 0 atom stereocenters. The van der Waals surface area contributed by atoms with Gasteiger partial charge in [0.15, 0.2) is 4.67 Å². The Hall–Kier alpha value is -1.59. The SMILES string of the molecule is O=C(NN=Cc1ccc(Br)o1)c1ccc(Cl)cc1. The number of carbonyl (C=O) groups is 1. The Balaban J connectivity index is 1.96. The first-order valence-electron chi connectivity index (χ1n) is 4.99. The van der Waals surface area contributed by atoms with E-state index in [2.05, 4.69) is 26.5 Å². The molecule has 0 spiro atoms. The first kappa shape index (κ1) is 12.9. The molecule has 92 valence electrons. The molecule has 0 bridgehead atoms. The molecule has 0 unspecified atom stereocenters. The van der Waals surface area contributed by atoms with Crippen LogP contribution in [0.5, 0.6) is 0 Å². The van der Waals surface area contributed by atoms with Gasteiger partial charge in [-0.2, -0.15) is 5.10 Å². The number of halogens is 2. The monoisotopic (exact) mass is 326 g/mol. The Morgan fingerprint density at radius 1 is 1.28 bits per heavy atom. The molecular weight excluding hydrogens is 320 g/mol. The van der Waals surface area contributed by atoms with Crippen molar-refractivity contribution >= 4 is 39.7 Å². The van der Waals surface area contributed by atoms with Crippen LogP contribution in [0.3, 0.4) is 0 Å². The summed E-state index contributed by atoms with van der Waals surface area (Å²) in [5, 5.41) is 4.36. The van der Waals surface area contributed by atoms with Gasteiger partial charge in [0.1, 0.15) is 5.76 Å². The lowest BCUT2D eigenvalue weighted by Gasteiger charge is -1.98. The van der Waals surface area contributed by atoms with Crippen molar-refractivity contribution in [2.45, 2.75) is 0 Å². The highest BCUT2D eigenvalue weighted by Gasteiger charge is 2.03. The van der Waals surface area contributed by atoms with Crippen molar-refractivity contribution in [2.24, 2.45) is 5.10 Å². The van der Waals surface area contributed by atoms with Crippen LogP contribution in [0.25, 0.3) is 0 Å². The summed E-state index contributed by atoms with van der Waals surface area (Å²) in [6.07, 6.45) is 1.42. The van der Waals surface area contributed by atoms with Gasteiger partial charge in [-0.3, -0.25) is 4.79 Å². The molecule has 0 saturated carbocycles. The fourth-order valence-electron chi connectivity index (χ4n) is 1.22. The van der Waals surface area contributed by atoms with Gasteiger partial charge >= 0.3 is 0 Å². The zero-order valence-corrected chi connectivity index (χ0v) is 11.4. The lowest BCUT2D eigenvalue weighted by Crippen LogP contribution is -2.17. The van der Waals surface area contributed by atoms with E-state index in [-0.39, 0.29) is 5.91 Å². The van der Waals surface area contributed by atoms with Crippen LogP contribution in [0.1, 0.15) is 16.1 Å². The van der Waals surface area contributed by atoms with Gasteiger partial charge in [-0.05, 0) is 52.3 Å². The maximum absolute atomic E-state index is 11.6. The predicted molar refractivity (Wildman–Crippen MR) is 72.9 cm³/mol. The van der Waals surface area contributed by atoms with E-state index in [0.717, 1.165) is 0 Å².